The fraction of sp³-hybridized carbons (Fsp3) is 0.167. The molecule has 6 heteroatoms. The van der Waals surface area contributed by atoms with Crippen LogP contribution in [0.25, 0.3) is 0 Å². The third-order valence-electron chi connectivity index (χ3n) is 2.06. The largest absolute Gasteiger partial charge is 2.00 e. The summed E-state index contributed by atoms with van der Waals surface area (Å²) in [5, 5.41) is 3.29. The van der Waals surface area contributed by atoms with E-state index >= 15 is 0 Å². The molecule has 0 atom stereocenters. The number of nitrogens with one attached hydrogen (secondary N) is 1. The molecule has 0 saturated carbocycles. The standard InChI is InChI=1S/C12H13N3.2ClH.Hg/c1-3-7-14-11(5-1)9-13-10-12-6-2-4-8-15-12;;;/h1-8,13H,9-10H2;2*1H;/q;;;+2/p-2. The zero-order chi connectivity index (χ0) is 10.3. The zero-order valence-electron chi connectivity index (χ0n) is 9.89. The first-order valence-corrected chi connectivity index (χ1v) is 4.96. The normalized spacial score (nSPS) is 8.44. The van der Waals surface area contributed by atoms with Crippen LogP contribution < -0.4 is 30.1 Å². The van der Waals surface area contributed by atoms with Gasteiger partial charge >= 0.3 is 27.7 Å². The molecule has 0 unspecified atom stereocenters. The van der Waals surface area contributed by atoms with Gasteiger partial charge in [-0.1, -0.05) is 12.1 Å². The van der Waals surface area contributed by atoms with Gasteiger partial charge in [-0.25, -0.2) is 0 Å². The zero-order valence-corrected chi connectivity index (χ0v) is 16.9. The third kappa shape index (κ3) is 7.26. The molecule has 2 heterocycles. The van der Waals surface area contributed by atoms with Crippen LogP contribution in [0.15, 0.2) is 48.8 Å². The maximum Gasteiger partial charge on any atom is 2.00 e. The maximum absolute atomic E-state index is 4.23. The molecule has 18 heavy (non-hydrogen) atoms. The molecule has 0 aliphatic carbocycles. The minimum Gasteiger partial charge on any atom is -1.00 e. The Morgan fingerprint density at radius 1 is 0.778 bits per heavy atom. The van der Waals surface area contributed by atoms with Crippen LogP contribution in [0.4, 0.5) is 0 Å². The average Bonchev–Trinajstić information content (AvgIpc) is 2.32. The van der Waals surface area contributed by atoms with E-state index in [4.69, 9.17) is 0 Å². The Bertz CT molecular complexity index is 361. The van der Waals surface area contributed by atoms with E-state index in [0.717, 1.165) is 24.5 Å². The van der Waals surface area contributed by atoms with Gasteiger partial charge in [-0.2, -0.15) is 0 Å². The number of aromatic nitrogens is 2. The molecule has 2 aromatic heterocycles. The van der Waals surface area contributed by atoms with Crippen LogP contribution in [0.5, 0.6) is 0 Å². The summed E-state index contributed by atoms with van der Waals surface area (Å²) in [5.74, 6) is 0. The van der Waals surface area contributed by atoms with Gasteiger partial charge < -0.3 is 30.1 Å². The number of rotatable bonds is 4. The van der Waals surface area contributed by atoms with Crippen LogP contribution in [0, 0.1) is 0 Å². The first-order valence-electron chi connectivity index (χ1n) is 4.96. The van der Waals surface area contributed by atoms with E-state index in [0.29, 0.717) is 0 Å². The molecule has 2 rings (SSSR count). The fourth-order valence-electron chi connectivity index (χ4n) is 1.32. The van der Waals surface area contributed by atoms with Gasteiger partial charge in [-0.3, -0.25) is 9.97 Å². The smallest absolute Gasteiger partial charge is 1.00 e. The predicted octanol–water partition coefficient (Wildman–Crippen LogP) is -4.23. The summed E-state index contributed by atoms with van der Waals surface area (Å²) >= 11 is 0. The van der Waals surface area contributed by atoms with Crippen molar-refractivity contribution in [2.24, 2.45) is 0 Å². The Balaban J connectivity index is 0. The summed E-state index contributed by atoms with van der Waals surface area (Å²) in [6, 6.07) is 11.8. The summed E-state index contributed by atoms with van der Waals surface area (Å²) in [7, 11) is 0. The average molecular weight is 471 g/mol. The van der Waals surface area contributed by atoms with E-state index in [2.05, 4.69) is 15.3 Å². The van der Waals surface area contributed by atoms with Crippen LogP contribution >= 0.6 is 0 Å². The first kappa shape index (κ1) is 20.1. The van der Waals surface area contributed by atoms with Gasteiger partial charge in [0.1, 0.15) is 0 Å². The topological polar surface area (TPSA) is 37.8 Å². The van der Waals surface area contributed by atoms with E-state index in [1.807, 2.05) is 36.4 Å². The molecule has 3 nitrogen and oxygen atoms in total. The molecule has 0 bridgehead atoms. The van der Waals surface area contributed by atoms with Gasteiger partial charge in [0, 0.05) is 25.5 Å². The van der Waals surface area contributed by atoms with Gasteiger partial charge in [0.05, 0.1) is 11.4 Å². The fourth-order valence-corrected chi connectivity index (χ4v) is 1.32. The Kier molecular flexibility index (Phi) is 13.2. The predicted molar refractivity (Wildman–Crippen MR) is 59.0 cm³/mol. The third-order valence-corrected chi connectivity index (χ3v) is 2.06. The molecule has 0 aromatic carbocycles. The Morgan fingerprint density at radius 3 is 1.56 bits per heavy atom. The van der Waals surface area contributed by atoms with Crippen molar-refractivity contribution in [3.63, 3.8) is 0 Å². The Labute approximate surface area is 140 Å². The molecule has 92 valence electrons. The second kappa shape index (κ2) is 11.8. The summed E-state index contributed by atoms with van der Waals surface area (Å²) in [4.78, 5) is 8.45. The number of halogens is 2. The molecular formula is C12H13Cl2HgN3. The minimum atomic E-state index is 0. The van der Waals surface area contributed by atoms with Crippen LogP contribution in [0.3, 0.4) is 0 Å². The second-order valence-electron chi connectivity index (χ2n) is 3.25. The number of nitrogens with zero attached hydrogens (tertiary/aromatic N) is 2. The SMILES string of the molecule is [Cl-].[Cl-].[Hg+2].c1ccc(CNCc2ccccn2)nc1. The summed E-state index contributed by atoms with van der Waals surface area (Å²) in [5.41, 5.74) is 2.10. The molecule has 0 radical (unpaired) electrons. The van der Waals surface area contributed by atoms with Crippen molar-refractivity contribution in [2.45, 2.75) is 13.1 Å². The number of pyridine rings is 2. The van der Waals surface area contributed by atoms with Crippen LogP contribution in [-0.4, -0.2) is 9.97 Å². The van der Waals surface area contributed by atoms with Crippen molar-refractivity contribution < 1.29 is 52.5 Å². The molecule has 0 spiro atoms. The maximum atomic E-state index is 4.23. The van der Waals surface area contributed by atoms with Crippen molar-refractivity contribution in [3.8, 4) is 0 Å². The van der Waals surface area contributed by atoms with Crippen molar-refractivity contribution >= 4 is 0 Å². The molecular weight excluding hydrogens is 458 g/mol. The molecule has 0 fully saturated rings. The van der Waals surface area contributed by atoms with Gasteiger partial charge in [0.15, 0.2) is 0 Å². The van der Waals surface area contributed by atoms with Crippen molar-refractivity contribution in [2.75, 3.05) is 0 Å². The van der Waals surface area contributed by atoms with E-state index in [1.165, 1.54) is 0 Å². The number of hydrogen-bond acceptors (Lipinski definition) is 3. The quantitative estimate of drug-likeness (QED) is 0.461. The molecule has 1 N–H and O–H groups in total. The van der Waals surface area contributed by atoms with E-state index in [1.54, 1.807) is 12.4 Å². The molecule has 0 saturated heterocycles. The van der Waals surface area contributed by atoms with Crippen LogP contribution in [-0.2, 0) is 40.8 Å². The van der Waals surface area contributed by atoms with Gasteiger partial charge in [-0.15, -0.1) is 0 Å². The molecule has 0 aliphatic rings. The monoisotopic (exact) mass is 471 g/mol. The summed E-state index contributed by atoms with van der Waals surface area (Å²) in [6.45, 7) is 1.55. The van der Waals surface area contributed by atoms with E-state index in [-0.39, 0.29) is 52.5 Å². The van der Waals surface area contributed by atoms with Gasteiger partial charge in [-0.05, 0) is 24.3 Å². The Morgan fingerprint density at radius 2 is 1.22 bits per heavy atom. The Hall–Kier alpha value is -0.225. The molecule has 2 aromatic rings. The second-order valence-corrected chi connectivity index (χ2v) is 3.25. The molecule has 0 amide bonds. The van der Waals surface area contributed by atoms with E-state index in [9.17, 15) is 0 Å². The van der Waals surface area contributed by atoms with Gasteiger partial charge in [0.2, 0.25) is 0 Å². The summed E-state index contributed by atoms with van der Waals surface area (Å²) in [6.07, 6.45) is 3.61. The first-order chi connectivity index (χ1) is 7.45. The number of hydrogen-bond donors (Lipinski definition) is 1. The van der Waals surface area contributed by atoms with Gasteiger partial charge in [0.25, 0.3) is 0 Å². The minimum absolute atomic E-state index is 0. The summed E-state index contributed by atoms with van der Waals surface area (Å²) < 4.78 is 0. The van der Waals surface area contributed by atoms with Crippen molar-refractivity contribution in [3.05, 3.63) is 60.2 Å². The van der Waals surface area contributed by atoms with Crippen molar-refractivity contribution in [1.29, 1.82) is 0 Å². The van der Waals surface area contributed by atoms with Crippen molar-refractivity contribution in [1.82, 2.24) is 15.3 Å². The van der Waals surface area contributed by atoms with Crippen LogP contribution in [0.2, 0.25) is 0 Å². The van der Waals surface area contributed by atoms with Crippen LogP contribution in [0.1, 0.15) is 11.4 Å². The molecule has 0 aliphatic heterocycles. The van der Waals surface area contributed by atoms with E-state index < -0.39 is 0 Å².